The number of carbonyl (C=O) groups excluding carboxylic acids is 2. The number of benzene rings is 1. The van der Waals surface area contributed by atoms with Gasteiger partial charge in [-0.25, -0.2) is 0 Å². The lowest BCUT2D eigenvalue weighted by atomic mass is 10.0. The Morgan fingerprint density at radius 2 is 1.60 bits per heavy atom. The highest BCUT2D eigenvalue weighted by Crippen LogP contribution is 2.30. The zero-order valence-corrected chi connectivity index (χ0v) is 13.0. The Hall–Kier alpha value is -2.56. The molecule has 1 amide bonds. The Bertz CT molecular complexity index is 554. The Balaban J connectivity index is 3.23. The van der Waals surface area contributed by atoms with Gasteiger partial charge in [0, 0.05) is 6.07 Å². The van der Waals surface area contributed by atoms with Crippen molar-refractivity contribution in [1.82, 2.24) is 5.32 Å². The zero-order chi connectivity index (χ0) is 19.0. The van der Waals surface area contributed by atoms with Gasteiger partial charge in [0.15, 0.2) is 0 Å². The number of methoxy groups -OCH3 is 1. The van der Waals surface area contributed by atoms with E-state index in [1.54, 1.807) is 0 Å². The van der Waals surface area contributed by atoms with E-state index < -0.39 is 55.6 Å². The molecule has 25 heavy (non-hydrogen) atoms. The molecule has 0 radical (unpaired) electrons. The number of ether oxygens (including phenoxy) is 3. The van der Waals surface area contributed by atoms with Crippen LogP contribution in [0.25, 0.3) is 0 Å². The molecule has 0 aliphatic rings. The summed E-state index contributed by atoms with van der Waals surface area (Å²) in [6.07, 6.45) is -0.394. The molecule has 0 heterocycles. The Morgan fingerprint density at radius 3 is 2.00 bits per heavy atom. The largest absolute Gasteiger partial charge is 0.469 e. The molecule has 140 valence electrons. The van der Waals surface area contributed by atoms with Crippen molar-refractivity contribution in [1.29, 1.82) is 0 Å². The maximum atomic E-state index is 12.4. The minimum atomic E-state index is -3.22. The summed E-state index contributed by atoms with van der Waals surface area (Å²) in [5, 5.41) is 2.36. The van der Waals surface area contributed by atoms with E-state index in [0.29, 0.717) is 0 Å². The summed E-state index contributed by atoms with van der Waals surface area (Å²) in [4.78, 5) is 23.0. The molecule has 0 saturated carbocycles. The SMILES string of the molecule is COC(=O)C[C@H](NC(=O)CN)c1cc(OC(F)F)cc(OC(F)F)c1. The first kappa shape index (κ1) is 20.5. The van der Waals surface area contributed by atoms with Crippen LogP contribution in [0.3, 0.4) is 0 Å². The van der Waals surface area contributed by atoms with Crippen LogP contribution in [-0.4, -0.2) is 38.8 Å². The number of carbonyl (C=O) groups is 2. The number of alkyl halides is 4. The van der Waals surface area contributed by atoms with Gasteiger partial charge >= 0.3 is 19.2 Å². The molecule has 0 fully saturated rings. The first-order chi connectivity index (χ1) is 11.7. The molecule has 0 aromatic heterocycles. The lowest BCUT2D eigenvalue weighted by Crippen LogP contribution is -2.35. The molecule has 1 rings (SSSR count). The van der Waals surface area contributed by atoms with Crippen molar-refractivity contribution < 1.29 is 41.4 Å². The summed E-state index contributed by atoms with van der Waals surface area (Å²) in [5.74, 6) is -2.37. The van der Waals surface area contributed by atoms with Crippen molar-refractivity contribution in [3.63, 3.8) is 0 Å². The number of halogens is 4. The summed E-state index contributed by atoms with van der Waals surface area (Å²) in [6.45, 7) is -6.84. The summed E-state index contributed by atoms with van der Waals surface area (Å²) in [7, 11) is 1.10. The van der Waals surface area contributed by atoms with E-state index in [2.05, 4.69) is 19.5 Å². The minimum Gasteiger partial charge on any atom is -0.469 e. The normalized spacial score (nSPS) is 12.0. The van der Waals surface area contributed by atoms with Gasteiger partial charge in [0.25, 0.3) is 0 Å². The molecule has 0 bridgehead atoms. The van der Waals surface area contributed by atoms with Crippen molar-refractivity contribution in [3.8, 4) is 11.5 Å². The van der Waals surface area contributed by atoms with Crippen LogP contribution in [0.2, 0.25) is 0 Å². The van der Waals surface area contributed by atoms with Gasteiger partial charge in [0.05, 0.1) is 26.1 Å². The molecule has 7 nitrogen and oxygen atoms in total. The van der Waals surface area contributed by atoms with Gasteiger partial charge in [-0.1, -0.05) is 0 Å². The highest BCUT2D eigenvalue weighted by molar-refractivity contribution is 5.79. The number of hydrogen-bond donors (Lipinski definition) is 2. The lowest BCUT2D eigenvalue weighted by Gasteiger charge is -2.20. The predicted octanol–water partition coefficient (Wildman–Crippen LogP) is 1.57. The maximum absolute atomic E-state index is 12.4. The first-order valence-corrected chi connectivity index (χ1v) is 6.86. The topological polar surface area (TPSA) is 99.9 Å². The third kappa shape index (κ3) is 7.25. The van der Waals surface area contributed by atoms with Gasteiger partial charge in [0.1, 0.15) is 11.5 Å². The smallest absolute Gasteiger partial charge is 0.387 e. The van der Waals surface area contributed by atoms with Crippen LogP contribution < -0.4 is 20.5 Å². The van der Waals surface area contributed by atoms with E-state index in [4.69, 9.17) is 5.73 Å². The second-order valence-corrected chi connectivity index (χ2v) is 4.60. The van der Waals surface area contributed by atoms with E-state index in [1.165, 1.54) is 0 Å². The minimum absolute atomic E-state index is 0.0148. The summed E-state index contributed by atoms with van der Waals surface area (Å²) in [6, 6.07) is 1.84. The van der Waals surface area contributed by atoms with Gasteiger partial charge in [-0.2, -0.15) is 17.6 Å². The van der Waals surface area contributed by atoms with Gasteiger partial charge in [-0.15, -0.1) is 0 Å². The molecule has 11 heteroatoms. The van der Waals surface area contributed by atoms with Crippen LogP contribution in [0.5, 0.6) is 11.5 Å². The molecule has 1 atom stereocenters. The Labute approximate surface area is 140 Å². The van der Waals surface area contributed by atoms with Crippen molar-refractivity contribution in [2.75, 3.05) is 13.7 Å². The third-order valence-corrected chi connectivity index (χ3v) is 2.87. The molecule has 3 N–H and O–H groups in total. The molecule has 0 unspecified atom stereocenters. The molecule has 0 saturated heterocycles. The Morgan fingerprint density at radius 1 is 1.08 bits per heavy atom. The van der Waals surface area contributed by atoms with E-state index in [0.717, 1.165) is 25.3 Å². The highest BCUT2D eigenvalue weighted by atomic mass is 19.3. The summed E-state index contributed by atoms with van der Waals surface area (Å²) in [5.41, 5.74) is 5.19. The van der Waals surface area contributed by atoms with Crippen LogP contribution in [0.1, 0.15) is 18.0 Å². The van der Waals surface area contributed by atoms with E-state index >= 15 is 0 Å². The van der Waals surface area contributed by atoms with Crippen molar-refractivity contribution in [2.45, 2.75) is 25.7 Å². The number of hydrogen-bond acceptors (Lipinski definition) is 6. The number of esters is 1. The second kappa shape index (κ2) is 9.67. The molecule has 1 aromatic carbocycles. The number of amides is 1. The van der Waals surface area contributed by atoms with Crippen molar-refractivity contribution in [3.05, 3.63) is 23.8 Å². The van der Waals surface area contributed by atoms with E-state index in [1.807, 2.05) is 0 Å². The Kier molecular flexibility index (Phi) is 7.92. The molecule has 0 aliphatic carbocycles. The summed E-state index contributed by atoms with van der Waals surface area (Å²) >= 11 is 0. The fraction of sp³-hybridized carbons (Fsp3) is 0.429. The van der Waals surface area contributed by atoms with Crippen LogP contribution in [0, 0.1) is 0 Å². The van der Waals surface area contributed by atoms with Gasteiger partial charge in [-0.05, 0) is 17.7 Å². The molecular weight excluding hydrogens is 352 g/mol. The fourth-order valence-corrected chi connectivity index (χ4v) is 1.89. The van der Waals surface area contributed by atoms with E-state index in [9.17, 15) is 27.2 Å². The average Bonchev–Trinajstić information content (AvgIpc) is 2.52. The quantitative estimate of drug-likeness (QED) is 0.507. The lowest BCUT2D eigenvalue weighted by molar-refractivity contribution is -0.141. The molecule has 1 aromatic rings. The molecule has 0 aliphatic heterocycles. The monoisotopic (exact) mass is 368 g/mol. The summed E-state index contributed by atoms with van der Waals surface area (Å²) < 4.78 is 62.5. The first-order valence-electron chi connectivity index (χ1n) is 6.86. The van der Waals surface area contributed by atoms with Gasteiger partial charge in [-0.3, -0.25) is 9.59 Å². The average molecular weight is 368 g/mol. The van der Waals surface area contributed by atoms with Gasteiger partial charge < -0.3 is 25.3 Å². The molecule has 0 spiro atoms. The van der Waals surface area contributed by atoms with Crippen LogP contribution in [0.4, 0.5) is 17.6 Å². The number of nitrogens with two attached hydrogens (primary N) is 1. The van der Waals surface area contributed by atoms with Crippen LogP contribution >= 0.6 is 0 Å². The van der Waals surface area contributed by atoms with E-state index in [-0.39, 0.29) is 5.56 Å². The molecular formula is C14H16F4N2O5. The second-order valence-electron chi connectivity index (χ2n) is 4.60. The number of rotatable bonds is 9. The zero-order valence-electron chi connectivity index (χ0n) is 13.0. The third-order valence-electron chi connectivity index (χ3n) is 2.87. The number of nitrogens with one attached hydrogen (secondary N) is 1. The van der Waals surface area contributed by atoms with Crippen molar-refractivity contribution >= 4 is 11.9 Å². The van der Waals surface area contributed by atoms with Crippen LogP contribution in [0.15, 0.2) is 18.2 Å². The van der Waals surface area contributed by atoms with Crippen LogP contribution in [-0.2, 0) is 14.3 Å². The fourth-order valence-electron chi connectivity index (χ4n) is 1.89. The predicted molar refractivity (Wildman–Crippen MR) is 76.3 cm³/mol. The van der Waals surface area contributed by atoms with Gasteiger partial charge in [0.2, 0.25) is 5.91 Å². The maximum Gasteiger partial charge on any atom is 0.387 e. The standard InChI is InChI=1S/C14H16F4N2O5/c1-23-12(22)5-10(20-11(21)6-19)7-2-8(24-13(15)16)4-9(3-7)25-14(17)18/h2-4,10,13-14H,5-6,19H2,1H3,(H,20,21)/t10-/m0/s1. The highest BCUT2D eigenvalue weighted by Gasteiger charge is 2.21. The van der Waals surface area contributed by atoms with Crippen molar-refractivity contribution in [2.24, 2.45) is 5.73 Å².